The molecule has 27 heavy (non-hydrogen) atoms. The predicted molar refractivity (Wildman–Crippen MR) is 111 cm³/mol. The second-order valence-corrected chi connectivity index (χ2v) is 9.38. The van der Waals surface area contributed by atoms with Crippen LogP contribution in [-0.2, 0) is 16.8 Å². The number of anilines is 1. The molecule has 0 aliphatic carbocycles. The average molecular weight is 386 g/mol. The molecule has 1 N–H and O–H groups in total. The number of amides is 1. The van der Waals surface area contributed by atoms with Gasteiger partial charge in [0.05, 0.1) is 11.6 Å². The van der Waals surface area contributed by atoms with E-state index in [1.807, 2.05) is 41.5 Å². The molecule has 5 nitrogen and oxygen atoms in total. The number of carbonyl (C=O) groups is 1. The third-order valence-corrected chi connectivity index (χ3v) is 5.99. The van der Waals surface area contributed by atoms with Gasteiger partial charge < -0.3 is 5.32 Å². The summed E-state index contributed by atoms with van der Waals surface area (Å²) in [5, 5.41) is 3.78. The van der Waals surface area contributed by atoms with Crippen LogP contribution in [0.3, 0.4) is 0 Å². The van der Waals surface area contributed by atoms with E-state index in [1.165, 1.54) is 17.3 Å². The smallest absolute Gasteiger partial charge is 0.254 e. The van der Waals surface area contributed by atoms with Gasteiger partial charge in [-0.2, -0.15) is 0 Å². The minimum absolute atomic E-state index is 0.0463. The highest BCUT2D eigenvalue weighted by molar-refractivity contribution is 7.99. The Bertz CT molecular complexity index is 934. The van der Waals surface area contributed by atoms with E-state index < -0.39 is 0 Å². The van der Waals surface area contributed by atoms with Gasteiger partial charge in [-0.15, -0.1) is 0 Å². The number of fused-ring (bicyclic) bond motifs is 1. The van der Waals surface area contributed by atoms with Crippen LogP contribution in [0.1, 0.15) is 43.2 Å². The molecule has 1 aliphatic rings. The zero-order chi connectivity index (χ0) is 19.9. The Morgan fingerprint density at radius 3 is 2.41 bits per heavy atom. The summed E-state index contributed by atoms with van der Waals surface area (Å²) in [5.41, 5.74) is 4.69. The number of nitrogens with one attached hydrogen (secondary N) is 1. The molecule has 3 rings (SSSR count). The number of benzene rings is 1. The average Bonchev–Trinajstić information content (AvgIpc) is 2.56. The maximum absolute atomic E-state index is 12.8. The molecule has 1 aromatic heterocycles. The van der Waals surface area contributed by atoms with E-state index in [4.69, 9.17) is 0 Å². The summed E-state index contributed by atoms with van der Waals surface area (Å²) in [6.45, 7) is 12.6. The highest BCUT2D eigenvalue weighted by atomic mass is 32.2. The lowest BCUT2D eigenvalue weighted by molar-refractivity contribution is -0.119. The van der Waals surface area contributed by atoms with Crippen molar-refractivity contribution in [3.8, 4) is 0 Å². The molecule has 2 aromatic rings. The molecule has 2 heterocycles. The first-order valence-electron chi connectivity index (χ1n) is 9.20. The van der Waals surface area contributed by atoms with Crippen molar-refractivity contribution >= 4 is 23.4 Å². The largest absolute Gasteiger partial charge is 0.325 e. The number of aryl methyl sites for hydroxylation is 3. The van der Waals surface area contributed by atoms with Crippen molar-refractivity contribution in [1.82, 2.24) is 9.55 Å². The maximum Gasteiger partial charge on any atom is 0.254 e. The number of nitrogens with zero attached hydrogens (tertiary/aromatic N) is 2. The molecule has 1 unspecified atom stereocenters. The summed E-state index contributed by atoms with van der Waals surface area (Å²) in [5.74, 6) is 0.313. The highest BCUT2D eigenvalue weighted by Gasteiger charge is 2.29. The fourth-order valence-electron chi connectivity index (χ4n) is 3.36. The van der Waals surface area contributed by atoms with Gasteiger partial charge in [0.2, 0.25) is 5.91 Å². The van der Waals surface area contributed by atoms with Crippen molar-refractivity contribution in [2.24, 2.45) is 5.92 Å². The Morgan fingerprint density at radius 1 is 1.19 bits per heavy atom. The van der Waals surface area contributed by atoms with Crippen LogP contribution in [0.4, 0.5) is 5.69 Å². The van der Waals surface area contributed by atoms with Crippen molar-refractivity contribution in [3.05, 3.63) is 50.9 Å². The number of thioether (sulfide) groups is 1. The van der Waals surface area contributed by atoms with Crippen molar-refractivity contribution in [2.45, 2.75) is 58.7 Å². The van der Waals surface area contributed by atoms with Crippen LogP contribution in [0.5, 0.6) is 0 Å². The van der Waals surface area contributed by atoms with E-state index in [-0.39, 0.29) is 22.8 Å². The second-order valence-electron chi connectivity index (χ2n) is 8.39. The van der Waals surface area contributed by atoms with E-state index in [0.29, 0.717) is 17.5 Å². The first-order chi connectivity index (χ1) is 12.6. The van der Waals surface area contributed by atoms with Gasteiger partial charge in [0, 0.05) is 29.5 Å². The van der Waals surface area contributed by atoms with Crippen molar-refractivity contribution < 1.29 is 4.79 Å². The quantitative estimate of drug-likeness (QED) is 0.798. The molecule has 1 aliphatic heterocycles. The number of hydrogen-bond donors (Lipinski definition) is 1. The Hall–Kier alpha value is -2.08. The van der Waals surface area contributed by atoms with Gasteiger partial charge in [0.15, 0.2) is 5.16 Å². The topological polar surface area (TPSA) is 64.0 Å². The maximum atomic E-state index is 12.8. The van der Waals surface area contributed by atoms with Gasteiger partial charge in [0.1, 0.15) is 0 Å². The van der Waals surface area contributed by atoms with E-state index >= 15 is 0 Å². The predicted octanol–water partition coefficient (Wildman–Crippen LogP) is 3.83. The normalized spacial score (nSPS) is 16.7. The molecule has 1 amide bonds. The third-order valence-electron chi connectivity index (χ3n) is 4.85. The molecule has 0 spiro atoms. The van der Waals surface area contributed by atoms with Crippen LogP contribution >= 0.6 is 11.8 Å². The Kier molecular flexibility index (Phi) is 5.21. The van der Waals surface area contributed by atoms with E-state index in [1.54, 1.807) is 10.6 Å². The van der Waals surface area contributed by atoms with Crippen LogP contribution < -0.4 is 10.9 Å². The standard InChI is InChI=1S/C21H27N3O2S/c1-12-7-13(2)18(14(3)8-12)23-19(26)15-10-24-17(25)9-16(21(4,5)6)22-20(24)27-11-15/h7-9,15H,10-11H2,1-6H3,(H,23,26). The molecular weight excluding hydrogens is 358 g/mol. The molecule has 0 saturated carbocycles. The van der Waals surface area contributed by atoms with Crippen LogP contribution in [0.2, 0.25) is 0 Å². The Morgan fingerprint density at radius 2 is 1.81 bits per heavy atom. The molecule has 1 atom stereocenters. The van der Waals surface area contributed by atoms with Gasteiger partial charge in [-0.1, -0.05) is 50.2 Å². The van der Waals surface area contributed by atoms with Crippen molar-refractivity contribution in [2.75, 3.05) is 11.1 Å². The van der Waals surface area contributed by atoms with Gasteiger partial charge in [-0.25, -0.2) is 4.98 Å². The monoisotopic (exact) mass is 385 g/mol. The SMILES string of the molecule is Cc1cc(C)c(NC(=O)C2CSc3nc(C(C)(C)C)cc(=O)n3C2)c(C)c1. The van der Waals surface area contributed by atoms with Crippen LogP contribution in [0, 0.1) is 26.7 Å². The summed E-state index contributed by atoms with van der Waals surface area (Å²) in [7, 11) is 0. The lowest BCUT2D eigenvalue weighted by atomic mass is 9.92. The van der Waals surface area contributed by atoms with E-state index in [0.717, 1.165) is 22.5 Å². The molecule has 0 fully saturated rings. The minimum atomic E-state index is -0.261. The van der Waals surface area contributed by atoms with Crippen molar-refractivity contribution in [3.63, 3.8) is 0 Å². The molecule has 0 bridgehead atoms. The lowest BCUT2D eigenvalue weighted by Crippen LogP contribution is -2.38. The van der Waals surface area contributed by atoms with Gasteiger partial charge in [-0.05, 0) is 31.9 Å². The number of hydrogen-bond acceptors (Lipinski definition) is 4. The minimum Gasteiger partial charge on any atom is -0.325 e. The molecule has 0 saturated heterocycles. The van der Waals surface area contributed by atoms with E-state index in [9.17, 15) is 9.59 Å². The van der Waals surface area contributed by atoms with Crippen LogP contribution in [-0.4, -0.2) is 21.2 Å². The van der Waals surface area contributed by atoms with Gasteiger partial charge in [-0.3, -0.25) is 14.2 Å². The van der Waals surface area contributed by atoms with E-state index in [2.05, 4.69) is 22.4 Å². The number of rotatable bonds is 2. The highest BCUT2D eigenvalue weighted by Crippen LogP contribution is 2.29. The Labute approximate surface area is 164 Å². The summed E-state index contributed by atoms with van der Waals surface area (Å²) in [6.07, 6.45) is 0. The molecule has 1 aromatic carbocycles. The van der Waals surface area contributed by atoms with Crippen LogP contribution in [0.15, 0.2) is 28.2 Å². The fourth-order valence-corrected chi connectivity index (χ4v) is 4.45. The van der Waals surface area contributed by atoms with Gasteiger partial charge >= 0.3 is 0 Å². The summed E-state index contributed by atoms with van der Waals surface area (Å²) >= 11 is 1.48. The summed E-state index contributed by atoms with van der Waals surface area (Å²) in [4.78, 5) is 30.1. The molecule has 144 valence electrons. The zero-order valence-electron chi connectivity index (χ0n) is 16.8. The summed E-state index contributed by atoms with van der Waals surface area (Å²) < 4.78 is 1.63. The Balaban J connectivity index is 1.82. The fraction of sp³-hybridized carbons (Fsp3) is 0.476. The molecular formula is C21H27N3O2S. The van der Waals surface area contributed by atoms with Crippen LogP contribution in [0.25, 0.3) is 0 Å². The zero-order valence-corrected chi connectivity index (χ0v) is 17.7. The van der Waals surface area contributed by atoms with Gasteiger partial charge in [0.25, 0.3) is 5.56 Å². The number of aromatic nitrogens is 2. The second kappa shape index (κ2) is 7.15. The lowest BCUT2D eigenvalue weighted by Gasteiger charge is -2.27. The number of carbonyl (C=O) groups excluding carboxylic acids is 1. The first-order valence-corrected chi connectivity index (χ1v) is 10.2. The summed E-state index contributed by atoms with van der Waals surface area (Å²) in [6, 6.07) is 5.73. The molecule has 6 heteroatoms. The van der Waals surface area contributed by atoms with Crippen molar-refractivity contribution in [1.29, 1.82) is 0 Å². The third kappa shape index (κ3) is 4.10. The molecule has 0 radical (unpaired) electrons. The first kappa shape index (κ1) is 19.7.